The van der Waals surface area contributed by atoms with Gasteiger partial charge in [-0.1, -0.05) is 6.07 Å². The second kappa shape index (κ2) is 9.38. The highest BCUT2D eigenvalue weighted by Crippen LogP contribution is 2.28. The zero-order valence-corrected chi connectivity index (χ0v) is 18.3. The van der Waals surface area contributed by atoms with Crippen LogP contribution < -0.4 is 19.7 Å². The van der Waals surface area contributed by atoms with E-state index in [1.165, 1.54) is 0 Å². The van der Waals surface area contributed by atoms with Crippen molar-refractivity contribution in [2.75, 3.05) is 38.8 Å². The first-order valence-electron chi connectivity index (χ1n) is 10.2. The molecule has 1 aliphatic heterocycles. The average molecular weight is 445 g/mol. The number of nitrogens with zero attached hydrogens (tertiary/aromatic N) is 4. The Morgan fingerprint density at radius 1 is 1.23 bits per heavy atom. The van der Waals surface area contributed by atoms with Crippen LogP contribution in [0.4, 0.5) is 5.82 Å². The smallest absolute Gasteiger partial charge is 0.226 e. The van der Waals surface area contributed by atoms with E-state index in [0.717, 1.165) is 49.2 Å². The number of carbonyl (C=O) groups excluding carboxylic acids is 1. The van der Waals surface area contributed by atoms with E-state index in [-0.39, 0.29) is 17.1 Å². The van der Waals surface area contributed by atoms with Crippen molar-refractivity contribution < 1.29 is 14.3 Å². The first-order chi connectivity index (χ1) is 15.1. The van der Waals surface area contributed by atoms with Gasteiger partial charge >= 0.3 is 0 Å². The lowest BCUT2D eigenvalue weighted by Crippen LogP contribution is -2.41. The fourth-order valence-corrected chi connectivity index (χ4v) is 4.04. The van der Waals surface area contributed by atoms with Crippen LogP contribution in [0.2, 0.25) is 5.28 Å². The Balaban J connectivity index is 1.29. The molecule has 0 unspecified atom stereocenters. The molecule has 10 heteroatoms. The van der Waals surface area contributed by atoms with E-state index in [1.807, 2.05) is 18.2 Å². The standard InChI is InChI=1S/C21H25ClN6O3/c1-30-15-4-3-13(11-16(15)31-2)5-8-23-20(29)14-6-9-28(10-7-14)19-17-18(25-12-24-17)26-21(22)27-19/h3-4,11-12,14H,5-10H2,1-2H3,(H,23,29)(H,24,25,26,27). The third-order valence-electron chi connectivity index (χ3n) is 5.57. The quantitative estimate of drug-likeness (QED) is 0.539. The van der Waals surface area contributed by atoms with Crippen molar-refractivity contribution in [1.29, 1.82) is 0 Å². The van der Waals surface area contributed by atoms with Gasteiger partial charge in [0, 0.05) is 25.6 Å². The van der Waals surface area contributed by atoms with E-state index in [4.69, 9.17) is 21.1 Å². The molecule has 0 spiro atoms. The molecule has 0 atom stereocenters. The van der Waals surface area contributed by atoms with E-state index in [9.17, 15) is 4.79 Å². The molecular formula is C21H25ClN6O3. The van der Waals surface area contributed by atoms with Crippen molar-refractivity contribution in [2.45, 2.75) is 19.3 Å². The molecule has 31 heavy (non-hydrogen) atoms. The van der Waals surface area contributed by atoms with Crippen LogP contribution in [-0.2, 0) is 11.2 Å². The second-order valence-corrected chi connectivity index (χ2v) is 7.75. The van der Waals surface area contributed by atoms with Crippen molar-refractivity contribution in [3.05, 3.63) is 35.4 Å². The first-order valence-corrected chi connectivity index (χ1v) is 10.6. The Labute approximate surface area is 185 Å². The molecule has 1 aromatic carbocycles. The summed E-state index contributed by atoms with van der Waals surface area (Å²) in [6.07, 6.45) is 3.80. The summed E-state index contributed by atoms with van der Waals surface area (Å²) in [6.45, 7) is 2.01. The summed E-state index contributed by atoms with van der Waals surface area (Å²) in [6, 6.07) is 5.79. The van der Waals surface area contributed by atoms with Crippen molar-refractivity contribution in [1.82, 2.24) is 25.3 Å². The molecule has 0 saturated carbocycles. The molecule has 2 aromatic heterocycles. The summed E-state index contributed by atoms with van der Waals surface area (Å²) >= 11 is 6.04. The third-order valence-corrected chi connectivity index (χ3v) is 5.73. The van der Waals surface area contributed by atoms with Crippen LogP contribution in [0.1, 0.15) is 18.4 Å². The average Bonchev–Trinajstić information content (AvgIpc) is 3.26. The summed E-state index contributed by atoms with van der Waals surface area (Å²) in [5.74, 6) is 2.19. The van der Waals surface area contributed by atoms with Crippen LogP contribution in [0.15, 0.2) is 24.5 Å². The summed E-state index contributed by atoms with van der Waals surface area (Å²) in [7, 11) is 3.22. The minimum absolute atomic E-state index is 0.0174. The first kappa shape index (κ1) is 21.2. The lowest BCUT2D eigenvalue weighted by molar-refractivity contribution is -0.125. The number of hydrogen-bond acceptors (Lipinski definition) is 7. The van der Waals surface area contributed by atoms with Gasteiger partial charge < -0.3 is 24.7 Å². The van der Waals surface area contributed by atoms with Gasteiger partial charge in [-0.05, 0) is 48.6 Å². The van der Waals surface area contributed by atoms with Crippen molar-refractivity contribution in [2.24, 2.45) is 5.92 Å². The number of nitrogens with one attached hydrogen (secondary N) is 2. The third kappa shape index (κ3) is 4.66. The summed E-state index contributed by atoms with van der Waals surface area (Å²) in [5.41, 5.74) is 2.39. The number of H-pyrrole nitrogens is 1. The molecule has 3 heterocycles. The van der Waals surface area contributed by atoms with E-state index in [1.54, 1.807) is 20.5 Å². The summed E-state index contributed by atoms with van der Waals surface area (Å²) in [4.78, 5) is 30.5. The van der Waals surface area contributed by atoms with Crippen LogP contribution >= 0.6 is 11.6 Å². The fraction of sp³-hybridized carbons (Fsp3) is 0.429. The fourth-order valence-electron chi connectivity index (χ4n) is 3.88. The maximum atomic E-state index is 12.6. The van der Waals surface area contributed by atoms with Gasteiger partial charge in [-0.15, -0.1) is 0 Å². The molecule has 4 rings (SSSR count). The number of carbonyl (C=O) groups is 1. The van der Waals surface area contributed by atoms with Crippen LogP contribution in [0.5, 0.6) is 11.5 Å². The normalized spacial score (nSPS) is 14.6. The Hall–Kier alpha value is -3.07. The van der Waals surface area contributed by atoms with Gasteiger partial charge in [-0.25, -0.2) is 4.98 Å². The predicted molar refractivity (Wildman–Crippen MR) is 118 cm³/mol. The number of imidazole rings is 1. The van der Waals surface area contributed by atoms with E-state index in [0.29, 0.717) is 23.7 Å². The highest BCUT2D eigenvalue weighted by molar-refractivity contribution is 6.28. The molecule has 0 bridgehead atoms. The van der Waals surface area contributed by atoms with Crippen molar-refractivity contribution in [3.8, 4) is 11.5 Å². The van der Waals surface area contributed by atoms with Gasteiger partial charge in [0.1, 0.15) is 5.52 Å². The number of hydrogen-bond donors (Lipinski definition) is 2. The molecule has 0 radical (unpaired) electrons. The highest BCUT2D eigenvalue weighted by atomic mass is 35.5. The number of rotatable bonds is 7. The lowest BCUT2D eigenvalue weighted by atomic mass is 9.95. The number of aromatic nitrogens is 4. The van der Waals surface area contributed by atoms with Crippen LogP contribution in [-0.4, -0.2) is 59.7 Å². The second-order valence-electron chi connectivity index (χ2n) is 7.41. The molecule has 1 saturated heterocycles. The Morgan fingerprint density at radius 3 is 2.74 bits per heavy atom. The lowest BCUT2D eigenvalue weighted by Gasteiger charge is -2.32. The van der Waals surface area contributed by atoms with Crippen molar-refractivity contribution in [3.63, 3.8) is 0 Å². The molecular weight excluding hydrogens is 420 g/mol. The molecule has 1 aliphatic rings. The van der Waals surface area contributed by atoms with Crippen LogP contribution in [0, 0.1) is 5.92 Å². The highest BCUT2D eigenvalue weighted by Gasteiger charge is 2.27. The monoisotopic (exact) mass is 444 g/mol. The van der Waals surface area contributed by atoms with Gasteiger partial charge in [0.25, 0.3) is 0 Å². The maximum absolute atomic E-state index is 12.6. The number of methoxy groups -OCH3 is 2. The zero-order valence-electron chi connectivity index (χ0n) is 17.5. The number of halogens is 1. The van der Waals surface area contributed by atoms with Crippen LogP contribution in [0.25, 0.3) is 11.2 Å². The Morgan fingerprint density at radius 2 is 2.00 bits per heavy atom. The maximum Gasteiger partial charge on any atom is 0.226 e. The van der Waals surface area contributed by atoms with E-state index in [2.05, 4.69) is 30.2 Å². The number of amides is 1. The Bertz CT molecular complexity index is 1060. The van der Waals surface area contributed by atoms with E-state index < -0.39 is 0 Å². The molecule has 0 aliphatic carbocycles. The number of piperidine rings is 1. The van der Waals surface area contributed by atoms with Gasteiger partial charge in [-0.2, -0.15) is 9.97 Å². The molecule has 3 aromatic rings. The minimum atomic E-state index is -0.0174. The van der Waals surface area contributed by atoms with Crippen LogP contribution in [0.3, 0.4) is 0 Å². The number of anilines is 1. The summed E-state index contributed by atoms with van der Waals surface area (Å²) in [5, 5.41) is 3.23. The number of fused-ring (bicyclic) bond motifs is 1. The number of aromatic amines is 1. The van der Waals surface area contributed by atoms with Gasteiger partial charge in [0.2, 0.25) is 11.2 Å². The van der Waals surface area contributed by atoms with Gasteiger partial charge in [0.05, 0.1) is 20.5 Å². The topological polar surface area (TPSA) is 105 Å². The van der Waals surface area contributed by atoms with Crippen molar-refractivity contribution >= 4 is 34.5 Å². The zero-order chi connectivity index (χ0) is 21.8. The largest absolute Gasteiger partial charge is 0.493 e. The molecule has 164 valence electrons. The van der Waals surface area contributed by atoms with E-state index >= 15 is 0 Å². The summed E-state index contributed by atoms with van der Waals surface area (Å²) < 4.78 is 10.6. The number of ether oxygens (including phenoxy) is 2. The number of benzene rings is 1. The SMILES string of the molecule is COc1ccc(CCNC(=O)C2CCN(c3nc(Cl)nc4nc[nH]c34)CC2)cc1OC. The van der Waals surface area contributed by atoms with Gasteiger partial charge in [0.15, 0.2) is 23.0 Å². The molecule has 2 N–H and O–H groups in total. The predicted octanol–water partition coefficient (Wildman–Crippen LogP) is 2.60. The molecule has 1 amide bonds. The molecule has 9 nitrogen and oxygen atoms in total. The molecule has 1 fully saturated rings. The minimum Gasteiger partial charge on any atom is -0.493 e. The van der Waals surface area contributed by atoms with Gasteiger partial charge in [-0.3, -0.25) is 4.79 Å². The Kier molecular flexibility index (Phi) is 6.41.